The van der Waals surface area contributed by atoms with Crippen LogP contribution in [0, 0.1) is 5.41 Å². The summed E-state index contributed by atoms with van der Waals surface area (Å²) >= 11 is 0. The van der Waals surface area contributed by atoms with E-state index in [-0.39, 0.29) is 29.7 Å². The third kappa shape index (κ3) is 5.99. The van der Waals surface area contributed by atoms with Gasteiger partial charge in [-0.3, -0.25) is 5.41 Å². The van der Waals surface area contributed by atoms with Crippen LogP contribution in [0.3, 0.4) is 0 Å². The van der Waals surface area contributed by atoms with E-state index in [4.69, 9.17) is 25.4 Å². The van der Waals surface area contributed by atoms with Crippen molar-refractivity contribution in [2.75, 3.05) is 25.5 Å². The Bertz CT molecular complexity index is 958. The summed E-state index contributed by atoms with van der Waals surface area (Å²) < 4.78 is 16.6. The zero-order valence-corrected chi connectivity index (χ0v) is 18.8. The molecule has 0 spiro atoms. The minimum atomic E-state index is -0.548. The number of carbonyl (C=O) groups is 1. The average molecular weight is 443 g/mol. The van der Waals surface area contributed by atoms with Crippen LogP contribution in [-0.4, -0.2) is 58.6 Å². The normalized spacial score (nSPS) is 15.9. The smallest absolute Gasteiger partial charge is 0.410 e. The topological polar surface area (TPSA) is 136 Å². The standard InChI is InChI=1S/C22H30N6O4/c1-22(2,3)32-21(29)28-11-5-6-14(28)12-25-17-13-26-19(18(23)24)27-20(17)31-16-9-7-15(30-4)8-10-16/h7-10,13-14,25H,5-6,11-12H2,1-4H3,(H3,23,24). The van der Waals surface area contributed by atoms with E-state index in [1.165, 1.54) is 6.20 Å². The van der Waals surface area contributed by atoms with Crippen molar-refractivity contribution in [1.82, 2.24) is 14.9 Å². The molecule has 3 rings (SSSR count). The first-order valence-electron chi connectivity index (χ1n) is 10.4. The summed E-state index contributed by atoms with van der Waals surface area (Å²) in [5, 5.41) is 10.9. The van der Waals surface area contributed by atoms with E-state index in [9.17, 15) is 4.79 Å². The zero-order valence-electron chi connectivity index (χ0n) is 18.8. The molecule has 1 fully saturated rings. The van der Waals surface area contributed by atoms with E-state index in [1.54, 1.807) is 36.3 Å². The molecule has 10 nitrogen and oxygen atoms in total. The number of nitrogens with two attached hydrogens (primary N) is 1. The lowest BCUT2D eigenvalue weighted by Gasteiger charge is -2.29. The van der Waals surface area contributed by atoms with Crippen molar-refractivity contribution in [2.45, 2.75) is 45.3 Å². The number of nitrogens with zero attached hydrogens (tertiary/aromatic N) is 3. The predicted molar refractivity (Wildman–Crippen MR) is 121 cm³/mol. The molecule has 1 unspecified atom stereocenters. The number of hydrogen-bond acceptors (Lipinski definition) is 8. The molecule has 4 N–H and O–H groups in total. The van der Waals surface area contributed by atoms with Crippen LogP contribution in [0.4, 0.5) is 10.5 Å². The summed E-state index contributed by atoms with van der Waals surface area (Å²) in [4.78, 5) is 22.7. The monoisotopic (exact) mass is 442 g/mol. The molecule has 172 valence electrons. The molecule has 1 aliphatic heterocycles. The van der Waals surface area contributed by atoms with E-state index in [2.05, 4.69) is 15.3 Å². The lowest BCUT2D eigenvalue weighted by atomic mass is 10.2. The Hall–Kier alpha value is -3.56. The van der Waals surface area contributed by atoms with Crippen LogP contribution in [0.1, 0.15) is 39.4 Å². The van der Waals surface area contributed by atoms with Gasteiger partial charge in [0.1, 0.15) is 22.8 Å². The second-order valence-electron chi connectivity index (χ2n) is 8.45. The van der Waals surface area contributed by atoms with Crippen LogP contribution in [0.25, 0.3) is 0 Å². The van der Waals surface area contributed by atoms with Gasteiger partial charge in [0, 0.05) is 13.1 Å². The molecule has 1 aromatic carbocycles. The molecule has 10 heteroatoms. The first-order chi connectivity index (χ1) is 15.2. The lowest BCUT2D eigenvalue weighted by molar-refractivity contribution is 0.0235. The van der Waals surface area contributed by atoms with E-state index in [0.29, 0.717) is 30.3 Å². The van der Waals surface area contributed by atoms with Gasteiger partial charge < -0.3 is 30.2 Å². The third-order valence-electron chi connectivity index (χ3n) is 4.80. The Kier molecular flexibility index (Phi) is 7.01. The van der Waals surface area contributed by atoms with Crippen LogP contribution in [0.2, 0.25) is 0 Å². The van der Waals surface area contributed by atoms with Gasteiger partial charge >= 0.3 is 6.09 Å². The number of likely N-dealkylation sites (tertiary alicyclic amines) is 1. The second-order valence-corrected chi connectivity index (χ2v) is 8.45. The largest absolute Gasteiger partial charge is 0.497 e. The minimum absolute atomic E-state index is 0.0360. The molecule has 1 aliphatic rings. The molecule has 0 aliphatic carbocycles. The number of nitrogens with one attached hydrogen (secondary N) is 2. The fourth-order valence-corrected chi connectivity index (χ4v) is 3.29. The summed E-state index contributed by atoms with van der Waals surface area (Å²) in [5.41, 5.74) is 5.53. The van der Waals surface area contributed by atoms with Gasteiger partial charge in [0.2, 0.25) is 5.88 Å². The number of rotatable bonds is 7. The maximum atomic E-state index is 12.5. The van der Waals surface area contributed by atoms with Gasteiger partial charge in [-0.15, -0.1) is 0 Å². The summed E-state index contributed by atoms with van der Waals surface area (Å²) in [6, 6.07) is 7.00. The molecule has 0 saturated carbocycles. The lowest BCUT2D eigenvalue weighted by Crippen LogP contribution is -2.42. The number of benzene rings is 1. The van der Waals surface area contributed by atoms with Gasteiger partial charge in [0.05, 0.1) is 19.3 Å². The molecular weight excluding hydrogens is 412 g/mol. The van der Waals surface area contributed by atoms with Gasteiger partial charge in [0.25, 0.3) is 0 Å². The highest BCUT2D eigenvalue weighted by molar-refractivity contribution is 5.91. The maximum absolute atomic E-state index is 12.5. The molecule has 32 heavy (non-hydrogen) atoms. The first kappa shape index (κ1) is 23.1. The predicted octanol–water partition coefficient (Wildman–Crippen LogP) is 3.37. The van der Waals surface area contributed by atoms with Crippen molar-refractivity contribution in [1.29, 1.82) is 5.41 Å². The number of carbonyl (C=O) groups excluding carboxylic acids is 1. The molecule has 1 aromatic heterocycles. The molecule has 0 radical (unpaired) electrons. The number of anilines is 1. The quantitative estimate of drug-likeness (QED) is 0.439. The molecule has 1 saturated heterocycles. The van der Waals surface area contributed by atoms with Gasteiger partial charge in [-0.05, 0) is 57.9 Å². The van der Waals surface area contributed by atoms with Crippen LogP contribution in [0.5, 0.6) is 17.4 Å². The van der Waals surface area contributed by atoms with Crippen molar-refractivity contribution >= 4 is 17.6 Å². The summed E-state index contributed by atoms with van der Waals surface area (Å²) in [6.07, 6.45) is 2.96. The molecule has 2 aromatic rings. The number of amides is 1. The molecule has 0 bridgehead atoms. The first-order valence-corrected chi connectivity index (χ1v) is 10.4. The third-order valence-corrected chi connectivity index (χ3v) is 4.80. The zero-order chi connectivity index (χ0) is 23.3. The fraction of sp³-hybridized carbons (Fsp3) is 0.455. The van der Waals surface area contributed by atoms with E-state index < -0.39 is 5.60 Å². The number of nitrogen functional groups attached to an aromatic ring is 1. The van der Waals surface area contributed by atoms with Crippen molar-refractivity contribution in [3.05, 3.63) is 36.3 Å². The summed E-state index contributed by atoms with van der Waals surface area (Å²) in [7, 11) is 1.59. The molecule has 2 heterocycles. The highest BCUT2D eigenvalue weighted by Gasteiger charge is 2.32. The van der Waals surface area contributed by atoms with Crippen LogP contribution in [0.15, 0.2) is 30.5 Å². The molecule has 1 atom stereocenters. The van der Waals surface area contributed by atoms with Gasteiger partial charge in [0.15, 0.2) is 11.7 Å². The van der Waals surface area contributed by atoms with E-state index >= 15 is 0 Å². The van der Waals surface area contributed by atoms with Crippen molar-refractivity contribution < 1.29 is 19.0 Å². The molecule has 1 amide bonds. The van der Waals surface area contributed by atoms with Gasteiger partial charge in [-0.25, -0.2) is 9.78 Å². The maximum Gasteiger partial charge on any atom is 0.410 e. The molecular formula is C22H30N6O4. The fourth-order valence-electron chi connectivity index (χ4n) is 3.29. The number of methoxy groups -OCH3 is 1. The number of hydrogen-bond donors (Lipinski definition) is 3. The second kappa shape index (κ2) is 9.71. The minimum Gasteiger partial charge on any atom is -0.497 e. The van der Waals surface area contributed by atoms with Crippen molar-refractivity contribution in [2.24, 2.45) is 5.73 Å². The Morgan fingerprint density at radius 1 is 1.28 bits per heavy atom. The van der Waals surface area contributed by atoms with Crippen molar-refractivity contribution in [3.8, 4) is 17.4 Å². The number of ether oxygens (including phenoxy) is 3. The van der Waals surface area contributed by atoms with Crippen LogP contribution in [-0.2, 0) is 4.74 Å². The Morgan fingerprint density at radius 2 is 1.97 bits per heavy atom. The van der Waals surface area contributed by atoms with Crippen molar-refractivity contribution in [3.63, 3.8) is 0 Å². The van der Waals surface area contributed by atoms with Gasteiger partial charge in [-0.1, -0.05) is 0 Å². The number of aromatic nitrogens is 2. The van der Waals surface area contributed by atoms with Gasteiger partial charge in [-0.2, -0.15) is 4.98 Å². The summed E-state index contributed by atoms with van der Waals surface area (Å²) in [6.45, 7) is 6.68. The highest BCUT2D eigenvalue weighted by atomic mass is 16.6. The van der Waals surface area contributed by atoms with Crippen LogP contribution < -0.4 is 20.5 Å². The Labute approximate surface area is 187 Å². The van der Waals surface area contributed by atoms with E-state index in [1.807, 2.05) is 20.8 Å². The number of amidine groups is 1. The Balaban J connectivity index is 1.75. The summed E-state index contributed by atoms with van der Waals surface area (Å²) in [5.74, 6) is 1.28. The average Bonchev–Trinajstić information content (AvgIpc) is 3.21. The SMILES string of the molecule is COc1ccc(Oc2nc(C(=N)N)ncc2NCC2CCCN2C(=O)OC(C)(C)C)cc1. The van der Waals surface area contributed by atoms with Crippen LogP contribution >= 0.6 is 0 Å². The van der Waals surface area contributed by atoms with E-state index in [0.717, 1.165) is 12.8 Å². The Morgan fingerprint density at radius 3 is 2.59 bits per heavy atom. The highest BCUT2D eigenvalue weighted by Crippen LogP contribution is 2.29.